The zero-order chi connectivity index (χ0) is 12.8. The van der Waals surface area contributed by atoms with E-state index < -0.39 is 0 Å². The predicted octanol–water partition coefficient (Wildman–Crippen LogP) is 0.112. The van der Waals surface area contributed by atoms with Gasteiger partial charge in [0.2, 0.25) is 5.91 Å². The highest BCUT2D eigenvalue weighted by atomic mass is 16.5. The number of hydrogen-bond acceptors (Lipinski definition) is 4. The summed E-state index contributed by atoms with van der Waals surface area (Å²) >= 11 is 0. The molecule has 0 fully saturated rings. The maximum Gasteiger partial charge on any atom is 0.231 e. The summed E-state index contributed by atoms with van der Waals surface area (Å²) < 4.78 is 5.09. The van der Waals surface area contributed by atoms with Crippen molar-refractivity contribution in [1.82, 2.24) is 4.90 Å². The second-order valence-corrected chi connectivity index (χ2v) is 3.91. The SMILES string of the molecule is COc1ccc(C(CN)N(C)CC(N)=O)cc1. The van der Waals surface area contributed by atoms with Crippen LogP contribution in [0.15, 0.2) is 24.3 Å². The number of likely N-dealkylation sites (N-methyl/N-ethyl adjacent to an activating group) is 1. The van der Waals surface area contributed by atoms with Gasteiger partial charge in [0.1, 0.15) is 5.75 Å². The molecule has 0 aliphatic heterocycles. The molecule has 0 bridgehead atoms. The molecule has 0 saturated carbocycles. The van der Waals surface area contributed by atoms with Crippen molar-refractivity contribution in [3.05, 3.63) is 29.8 Å². The number of methoxy groups -OCH3 is 1. The number of carbonyl (C=O) groups excluding carboxylic acids is 1. The first-order valence-electron chi connectivity index (χ1n) is 5.41. The minimum atomic E-state index is -0.362. The minimum Gasteiger partial charge on any atom is -0.497 e. The van der Waals surface area contributed by atoms with Gasteiger partial charge in [-0.3, -0.25) is 9.69 Å². The molecule has 1 amide bonds. The largest absolute Gasteiger partial charge is 0.497 e. The summed E-state index contributed by atoms with van der Waals surface area (Å²) in [5, 5.41) is 0. The molecule has 0 heterocycles. The van der Waals surface area contributed by atoms with E-state index >= 15 is 0 Å². The first kappa shape index (κ1) is 13.5. The van der Waals surface area contributed by atoms with Crippen molar-refractivity contribution in [2.75, 3.05) is 27.2 Å². The van der Waals surface area contributed by atoms with E-state index in [1.807, 2.05) is 36.2 Å². The molecule has 5 nitrogen and oxygen atoms in total. The Morgan fingerprint density at radius 3 is 2.41 bits per heavy atom. The van der Waals surface area contributed by atoms with E-state index in [1.54, 1.807) is 7.11 Å². The fraction of sp³-hybridized carbons (Fsp3) is 0.417. The Morgan fingerprint density at radius 1 is 1.41 bits per heavy atom. The molecule has 17 heavy (non-hydrogen) atoms. The quantitative estimate of drug-likeness (QED) is 0.736. The lowest BCUT2D eigenvalue weighted by Gasteiger charge is -2.26. The van der Waals surface area contributed by atoms with Crippen molar-refractivity contribution in [2.24, 2.45) is 11.5 Å². The van der Waals surface area contributed by atoms with Gasteiger partial charge in [0.15, 0.2) is 0 Å². The fourth-order valence-corrected chi connectivity index (χ4v) is 1.75. The smallest absolute Gasteiger partial charge is 0.231 e. The normalized spacial score (nSPS) is 12.5. The van der Waals surface area contributed by atoms with Crippen LogP contribution in [-0.4, -0.2) is 38.1 Å². The van der Waals surface area contributed by atoms with Gasteiger partial charge in [0.05, 0.1) is 13.7 Å². The van der Waals surface area contributed by atoms with Crippen molar-refractivity contribution in [2.45, 2.75) is 6.04 Å². The van der Waals surface area contributed by atoms with Crippen molar-refractivity contribution in [1.29, 1.82) is 0 Å². The molecule has 0 aliphatic rings. The molecule has 5 heteroatoms. The van der Waals surface area contributed by atoms with Crippen molar-refractivity contribution >= 4 is 5.91 Å². The number of carbonyl (C=O) groups is 1. The summed E-state index contributed by atoms with van der Waals surface area (Å²) in [5.74, 6) is 0.432. The molecule has 1 rings (SSSR count). The second kappa shape index (κ2) is 6.22. The summed E-state index contributed by atoms with van der Waals surface area (Å²) in [6, 6.07) is 7.60. The average molecular weight is 237 g/mol. The van der Waals surface area contributed by atoms with Gasteiger partial charge < -0.3 is 16.2 Å². The average Bonchev–Trinajstić information content (AvgIpc) is 2.30. The van der Waals surface area contributed by atoms with Crippen LogP contribution in [0.1, 0.15) is 11.6 Å². The van der Waals surface area contributed by atoms with Crippen LogP contribution in [0, 0.1) is 0 Å². The number of nitrogens with two attached hydrogens (primary N) is 2. The van der Waals surface area contributed by atoms with Crippen LogP contribution in [0.3, 0.4) is 0 Å². The van der Waals surface area contributed by atoms with Gasteiger partial charge in [0.25, 0.3) is 0 Å². The molecule has 0 radical (unpaired) electrons. The summed E-state index contributed by atoms with van der Waals surface area (Å²) in [6.07, 6.45) is 0. The van der Waals surface area contributed by atoms with E-state index in [0.717, 1.165) is 11.3 Å². The van der Waals surface area contributed by atoms with Gasteiger partial charge in [-0.25, -0.2) is 0 Å². The van der Waals surface area contributed by atoms with Gasteiger partial charge >= 0.3 is 0 Å². The first-order valence-corrected chi connectivity index (χ1v) is 5.41. The van der Waals surface area contributed by atoms with Crippen LogP contribution in [0.25, 0.3) is 0 Å². The Kier molecular flexibility index (Phi) is 4.93. The number of primary amides is 1. The monoisotopic (exact) mass is 237 g/mol. The maximum atomic E-state index is 10.9. The maximum absolute atomic E-state index is 10.9. The molecule has 0 saturated heterocycles. The highest BCUT2D eigenvalue weighted by Gasteiger charge is 2.16. The third-order valence-corrected chi connectivity index (χ3v) is 2.66. The topological polar surface area (TPSA) is 81.6 Å². The molecule has 94 valence electrons. The molecular weight excluding hydrogens is 218 g/mol. The van der Waals surface area contributed by atoms with Crippen molar-refractivity contribution < 1.29 is 9.53 Å². The standard InChI is InChI=1S/C12H19N3O2/c1-15(8-12(14)16)11(7-13)9-3-5-10(17-2)6-4-9/h3-6,11H,7-8,13H2,1-2H3,(H2,14,16). The van der Waals surface area contributed by atoms with Crippen LogP contribution in [0.2, 0.25) is 0 Å². The first-order chi connectivity index (χ1) is 8.08. The number of amides is 1. The van der Waals surface area contributed by atoms with Gasteiger partial charge in [-0.2, -0.15) is 0 Å². The van der Waals surface area contributed by atoms with Gasteiger partial charge in [-0.1, -0.05) is 12.1 Å². The molecule has 1 aromatic carbocycles. The van der Waals surface area contributed by atoms with Gasteiger partial charge in [0, 0.05) is 12.6 Å². The number of hydrogen-bond donors (Lipinski definition) is 2. The molecule has 0 aromatic heterocycles. The molecular formula is C12H19N3O2. The van der Waals surface area contributed by atoms with Crippen molar-refractivity contribution in [3.63, 3.8) is 0 Å². The van der Waals surface area contributed by atoms with E-state index in [2.05, 4.69) is 0 Å². The second-order valence-electron chi connectivity index (χ2n) is 3.91. The number of nitrogens with zero attached hydrogens (tertiary/aromatic N) is 1. The molecule has 0 aliphatic carbocycles. The molecule has 1 atom stereocenters. The molecule has 1 aromatic rings. The highest BCUT2D eigenvalue weighted by Crippen LogP contribution is 2.20. The summed E-state index contributed by atoms with van der Waals surface area (Å²) in [7, 11) is 3.45. The summed E-state index contributed by atoms with van der Waals surface area (Å²) in [4.78, 5) is 12.7. The van der Waals surface area contributed by atoms with Gasteiger partial charge in [-0.05, 0) is 24.7 Å². The Labute approximate surface area is 101 Å². The van der Waals surface area contributed by atoms with Crippen LogP contribution < -0.4 is 16.2 Å². The third-order valence-electron chi connectivity index (χ3n) is 2.66. The Bertz CT molecular complexity index is 365. The van der Waals surface area contributed by atoms with E-state index in [9.17, 15) is 4.79 Å². The Hall–Kier alpha value is -1.59. The van der Waals surface area contributed by atoms with Crippen LogP contribution in [0.4, 0.5) is 0 Å². The van der Waals surface area contributed by atoms with Crippen molar-refractivity contribution in [3.8, 4) is 5.75 Å². The van der Waals surface area contributed by atoms with Crippen LogP contribution in [-0.2, 0) is 4.79 Å². The van der Waals surface area contributed by atoms with Crippen LogP contribution in [0.5, 0.6) is 5.75 Å². The van der Waals surface area contributed by atoms with E-state index in [4.69, 9.17) is 16.2 Å². The fourth-order valence-electron chi connectivity index (χ4n) is 1.75. The van der Waals surface area contributed by atoms with Crippen LogP contribution >= 0.6 is 0 Å². The minimum absolute atomic E-state index is 0.0200. The van der Waals surface area contributed by atoms with E-state index in [-0.39, 0.29) is 18.5 Å². The number of benzene rings is 1. The number of rotatable bonds is 6. The summed E-state index contributed by atoms with van der Waals surface area (Å²) in [6.45, 7) is 0.615. The number of ether oxygens (including phenoxy) is 1. The predicted molar refractivity (Wildman–Crippen MR) is 66.6 cm³/mol. The highest BCUT2D eigenvalue weighted by molar-refractivity contribution is 5.75. The zero-order valence-corrected chi connectivity index (χ0v) is 10.2. The lowest BCUT2D eigenvalue weighted by atomic mass is 10.1. The zero-order valence-electron chi connectivity index (χ0n) is 10.2. The lowest BCUT2D eigenvalue weighted by Crippen LogP contribution is -2.37. The third kappa shape index (κ3) is 3.72. The summed E-state index contributed by atoms with van der Waals surface area (Å²) in [5.41, 5.74) is 11.9. The molecule has 4 N–H and O–H groups in total. The van der Waals surface area contributed by atoms with E-state index in [0.29, 0.717) is 6.54 Å². The van der Waals surface area contributed by atoms with E-state index in [1.165, 1.54) is 0 Å². The Balaban J connectivity index is 2.81. The molecule has 0 spiro atoms. The molecule has 1 unspecified atom stereocenters. The lowest BCUT2D eigenvalue weighted by molar-refractivity contribution is -0.119. The van der Waals surface area contributed by atoms with Gasteiger partial charge in [-0.15, -0.1) is 0 Å². The Morgan fingerprint density at radius 2 is 2.00 bits per heavy atom.